The molecule has 0 bridgehead atoms. The van der Waals surface area contributed by atoms with Crippen molar-refractivity contribution in [3.63, 3.8) is 0 Å². The SMILES string of the molecule is Cc1cc(Nc2nccc(OCc3ccc4c(ccn4-c4ccccn4)c3)n2)ccc1F. The second-order valence-corrected chi connectivity index (χ2v) is 7.36. The third-order valence-electron chi connectivity index (χ3n) is 5.08. The summed E-state index contributed by atoms with van der Waals surface area (Å²) in [6.45, 7) is 2.08. The summed E-state index contributed by atoms with van der Waals surface area (Å²) >= 11 is 0. The van der Waals surface area contributed by atoms with Gasteiger partial charge in [0, 0.05) is 35.7 Å². The Hall–Kier alpha value is -4.26. The first-order valence-corrected chi connectivity index (χ1v) is 10.2. The van der Waals surface area contributed by atoms with Crippen molar-refractivity contribution in [1.82, 2.24) is 19.5 Å². The van der Waals surface area contributed by atoms with Crippen LogP contribution in [0.1, 0.15) is 11.1 Å². The van der Waals surface area contributed by atoms with Crippen LogP contribution in [-0.2, 0) is 6.61 Å². The molecule has 0 saturated heterocycles. The normalized spacial score (nSPS) is 10.9. The molecule has 0 unspecified atom stereocenters. The number of ether oxygens (including phenoxy) is 1. The standard InChI is InChI=1S/C25H20FN5O/c1-17-14-20(6-7-21(17)26)29-25-28-12-9-24(30-25)32-16-18-5-8-22-19(15-18)10-13-31(22)23-4-2-3-11-27-23/h2-15H,16H2,1H3,(H,28,29,30). The van der Waals surface area contributed by atoms with Gasteiger partial charge in [-0.1, -0.05) is 12.1 Å². The van der Waals surface area contributed by atoms with Gasteiger partial charge in [0.25, 0.3) is 0 Å². The number of anilines is 2. The molecule has 5 rings (SSSR count). The highest BCUT2D eigenvalue weighted by Gasteiger charge is 2.07. The molecule has 0 aliphatic heterocycles. The van der Waals surface area contributed by atoms with E-state index < -0.39 is 0 Å². The van der Waals surface area contributed by atoms with Crippen molar-refractivity contribution in [2.24, 2.45) is 0 Å². The quantitative estimate of drug-likeness (QED) is 0.384. The Balaban J connectivity index is 1.29. The van der Waals surface area contributed by atoms with Gasteiger partial charge in [-0.05, 0) is 66.6 Å². The number of aromatic nitrogens is 4. The van der Waals surface area contributed by atoms with Crippen LogP contribution in [0.4, 0.5) is 16.0 Å². The lowest BCUT2D eigenvalue weighted by molar-refractivity contribution is 0.294. The average Bonchev–Trinajstić information content (AvgIpc) is 3.24. The van der Waals surface area contributed by atoms with Crippen LogP contribution < -0.4 is 10.1 Å². The second-order valence-electron chi connectivity index (χ2n) is 7.36. The molecule has 5 aromatic rings. The van der Waals surface area contributed by atoms with Gasteiger partial charge in [0.2, 0.25) is 11.8 Å². The topological polar surface area (TPSA) is 64.9 Å². The van der Waals surface area contributed by atoms with Crippen molar-refractivity contribution in [3.8, 4) is 11.7 Å². The zero-order chi connectivity index (χ0) is 21.9. The molecule has 32 heavy (non-hydrogen) atoms. The Bertz CT molecular complexity index is 1380. The molecule has 0 fully saturated rings. The highest BCUT2D eigenvalue weighted by molar-refractivity contribution is 5.82. The molecule has 0 spiro atoms. The van der Waals surface area contributed by atoms with E-state index in [0.29, 0.717) is 29.7 Å². The maximum Gasteiger partial charge on any atom is 0.230 e. The molecule has 0 radical (unpaired) electrons. The lowest BCUT2D eigenvalue weighted by Crippen LogP contribution is -2.02. The molecule has 158 valence electrons. The second kappa shape index (κ2) is 8.47. The summed E-state index contributed by atoms with van der Waals surface area (Å²) in [5, 5.41) is 4.18. The zero-order valence-electron chi connectivity index (χ0n) is 17.4. The van der Waals surface area contributed by atoms with E-state index >= 15 is 0 Å². The monoisotopic (exact) mass is 425 g/mol. The number of benzene rings is 2. The minimum atomic E-state index is -0.249. The highest BCUT2D eigenvalue weighted by atomic mass is 19.1. The Labute approximate surface area is 184 Å². The van der Waals surface area contributed by atoms with E-state index in [1.54, 1.807) is 37.5 Å². The van der Waals surface area contributed by atoms with Gasteiger partial charge in [0.1, 0.15) is 18.2 Å². The van der Waals surface area contributed by atoms with E-state index in [1.165, 1.54) is 6.07 Å². The predicted molar refractivity (Wildman–Crippen MR) is 122 cm³/mol. The molecule has 3 aromatic heterocycles. The number of halogens is 1. The van der Waals surface area contributed by atoms with Crippen molar-refractivity contribution in [3.05, 3.63) is 102 Å². The van der Waals surface area contributed by atoms with Crippen LogP contribution in [-0.4, -0.2) is 19.5 Å². The third kappa shape index (κ3) is 4.13. The number of nitrogens with zero attached hydrogens (tertiary/aromatic N) is 4. The van der Waals surface area contributed by atoms with Gasteiger partial charge >= 0.3 is 0 Å². The maximum absolute atomic E-state index is 13.5. The fourth-order valence-corrected chi connectivity index (χ4v) is 3.47. The number of nitrogens with one attached hydrogen (secondary N) is 1. The molecule has 2 aromatic carbocycles. The predicted octanol–water partition coefficient (Wildman–Crippen LogP) is 5.59. The fraction of sp³-hybridized carbons (Fsp3) is 0.0800. The molecule has 3 heterocycles. The van der Waals surface area contributed by atoms with E-state index in [1.807, 2.05) is 30.5 Å². The van der Waals surface area contributed by atoms with Crippen LogP contribution in [0, 0.1) is 12.7 Å². The van der Waals surface area contributed by atoms with Crippen LogP contribution in [0.2, 0.25) is 0 Å². The summed E-state index contributed by atoms with van der Waals surface area (Å²) in [6, 6.07) is 20.6. The third-order valence-corrected chi connectivity index (χ3v) is 5.08. The van der Waals surface area contributed by atoms with E-state index in [4.69, 9.17) is 4.74 Å². The van der Waals surface area contributed by atoms with Gasteiger partial charge in [0.15, 0.2) is 0 Å². The number of pyridine rings is 1. The van der Waals surface area contributed by atoms with Crippen LogP contribution in [0.25, 0.3) is 16.7 Å². The fourth-order valence-electron chi connectivity index (χ4n) is 3.47. The van der Waals surface area contributed by atoms with Crippen molar-refractivity contribution in [2.45, 2.75) is 13.5 Å². The van der Waals surface area contributed by atoms with Gasteiger partial charge in [0.05, 0.1) is 5.52 Å². The molecule has 0 aliphatic rings. The molecule has 0 amide bonds. The lowest BCUT2D eigenvalue weighted by atomic mass is 10.2. The van der Waals surface area contributed by atoms with Crippen LogP contribution in [0.3, 0.4) is 0 Å². The summed E-state index contributed by atoms with van der Waals surface area (Å²) < 4.78 is 21.4. The molecule has 0 saturated carbocycles. The number of hydrogen-bond acceptors (Lipinski definition) is 5. The van der Waals surface area contributed by atoms with E-state index in [2.05, 4.69) is 43.0 Å². The lowest BCUT2D eigenvalue weighted by Gasteiger charge is -2.09. The smallest absolute Gasteiger partial charge is 0.230 e. The zero-order valence-corrected chi connectivity index (χ0v) is 17.4. The summed E-state index contributed by atoms with van der Waals surface area (Å²) in [6.07, 6.45) is 5.42. The van der Waals surface area contributed by atoms with Crippen molar-refractivity contribution < 1.29 is 9.13 Å². The van der Waals surface area contributed by atoms with Crippen LogP contribution >= 0.6 is 0 Å². The minimum absolute atomic E-state index is 0.249. The Morgan fingerprint density at radius 1 is 0.969 bits per heavy atom. The summed E-state index contributed by atoms with van der Waals surface area (Å²) in [5.74, 6) is 1.47. The Morgan fingerprint density at radius 2 is 1.91 bits per heavy atom. The van der Waals surface area contributed by atoms with E-state index in [9.17, 15) is 4.39 Å². The van der Waals surface area contributed by atoms with Gasteiger partial charge in [-0.15, -0.1) is 0 Å². The van der Waals surface area contributed by atoms with Gasteiger partial charge in [-0.25, -0.2) is 14.4 Å². The highest BCUT2D eigenvalue weighted by Crippen LogP contribution is 2.22. The molecular formula is C25H20FN5O. The average molecular weight is 425 g/mol. The van der Waals surface area contributed by atoms with Crippen molar-refractivity contribution in [2.75, 3.05) is 5.32 Å². The van der Waals surface area contributed by atoms with Crippen molar-refractivity contribution in [1.29, 1.82) is 0 Å². The van der Waals surface area contributed by atoms with Crippen molar-refractivity contribution >= 4 is 22.5 Å². The molecule has 6 nitrogen and oxygen atoms in total. The van der Waals surface area contributed by atoms with Crippen LogP contribution in [0.15, 0.2) is 85.3 Å². The molecule has 7 heteroatoms. The van der Waals surface area contributed by atoms with E-state index in [-0.39, 0.29) is 5.82 Å². The molecular weight excluding hydrogens is 405 g/mol. The summed E-state index contributed by atoms with van der Waals surface area (Å²) in [7, 11) is 0. The number of rotatable bonds is 6. The molecule has 0 aliphatic carbocycles. The Kier molecular flexibility index (Phi) is 5.21. The number of hydrogen-bond donors (Lipinski definition) is 1. The summed E-state index contributed by atoms with van der Waals surface area (Å²) in [4.78, 5) is 13.0. The number of aryl methyl sites for hydroxylation is 1. The van der Waals surface area contributed by atoms with Crippen LogP contribution in [0.5, 0.6) is 5.88 Å². The first-order valence-electron chi connectivity index (χ1n) is 10.2. The van der Waals surface area contributed by atoms with Gasteiger partial charge < -0.3 is 14.6 Å². The first kappa shape index (κ1) is 19.7. The largest absolute Gasteiger partial charge is 0.473 e. The minimum Gasteiger partial charge on any atom is -0.473 e. The van der Waals surface area contributed by atoms with Gasteiger partial charge in [-0.2, -0.15) is 4.98 Å². The molecule has 1 N–H and O–H groups in total. The van der Waals surface area contributed by atoms with Gasteiger partial charge in [-0.3, -0.25) is 0 Å². The molecule has 0 atom stereocenters. The number of fused-ring (bicyclic) bond motifs is 1. The first-order chi connectivity index (χ1) is 15.7. The maximum atomic E-state index is 13.5. The Morgan fingerprint density at radius 3 is 2.75 bits per heavy atom. The summed E-state index contributed by atoms with van der Waals surface area (Å²) in [5.41, 5.74) is 3.37. The van der Waals surface area contributed by atoms with E-state index in [0.717, 1.165) is 22.3 Å².